The maximum atomic E-state index is 6.26. The Bertz CT molecular complexity index is 388. The fourth-order valence-electron chi connectivity index (χ4n) is 2.31. The highest BCUT2D eigenvalue weighted by Gasteiger charge is 2.25. The number of rotatable bonds is 7. The third-order valence-electron chi connectivity index (χ3n) is 3.50. The average molecular weight is 286 g/mol. The van der Waals surface area contributed by atoms with E-state index in [1.165, 1.54) is 31.2 Å². The minimum atomic E-state index is 0.536. The Morgan fingerprint density at radius 3 is 2.78 bits per heavy atom. The summed E-state index contributed by atoms with van der Waals surface area (Å²) in [5.74, 6) is 0.928. The normalized spacial score (nSPS) is 16.8. The molecule has 3 heteroatoms. The topological polar surface area (TPSA) is 12.0 Å². The zero-order chi connectivity index (χ0) is 13.0. The molecule has 1 unspecified atom stereocenters. The molecule has 1 atom stereocenters. The van der Waals surface area contributed by atoms with Crippen molar-refractivity contribution < 1.29 is 0 Å². The number of hydrogen-bond donors (Lipinski definition) is 1. The smallest absolute Gasteiger partial charge is 0.0624 e. The van der Waals surface area contributed by atoms with Crippen LogP contribution >= 0.6 is 23.2 Å². The monoisotopic (exact) mass is 285 g/mol. The predicted molar refractivity (Wildman–Crippen MR) is 79.6 cm³/mol. The Hall–Kier alpha value is -0.240. The molecule has 0 amide bonds. The first-order valence-corrected chi connectivity index (χ1v) is 7.62. The summed E-state index contributed by atoms with van der Waals surface area (Å²) in [5, 5.41) is 5.02. The fraction of sp³-hybridized carbons (Fsp3) is 0.600. The largest absolute Gasteiger partial charge is 0.314 e. The number of benzene rings is 1. The van der Waals surface area contributed by atoms with Gasteiger partial charge in [-0.3, -0.25) is 0 Å². The molecule has 1 aromatic carbocycles. The van der Waals surface area contributed by atoms with Gasteiger partial charge in [0.1, 0.15) is 0 Å². The lowest BCUT2D eigenvalue weighted by molar-refractivity contribution is 0.455. The van der Waals surface area contributed by atoms with Crippen LogP contribution in [0.15, 0.2) is 18.2 Å². The lowest BCUT2D eigenvalue weighted by Crippen LogP contribution is -2.32. The first-order chi connectivity index (χ1) is 8.70. The summed E-state index contributed by atoms with van der Waals surface area (Å²) in [6, 6.07) is 6.45. The maximum absolute atomic E-state index is 6.26. The molecule has 2 rings (SSSR count). The van der Waals surface area contributed by atoms with Crippen LogP contribution in [-0.4, -0.2) is 12.6 Å². The van der Waals surface area contributed by atoms with Gasteiger partial charge in [-0.05, 0) is 43.4 Å². The van der Waals surface area contributed by atoms with E-state index in [2.05, 4.69) is 18.3 Å². The number of nitrogens with one attached hydrogen (secondary N) is 1. The van der Waals surface area contributed by atoms with E-state index in [1.54, 1.807) is 0 Å². The molecule has 1 saturated carbocycles. The summed E-state index contributed by atoms with van der Waals surface area (Å²) in [7, 11) is 0. The molecule has 100 valence electrons. The van der Waals surface area contributed by atoms with E-state index in [4.69, 9.17) is 23.2 Å². The van der Waals surface area contributed by atoms with E-state index >= 15 is 0 Å². The molecule has 1 aliphatic carbocycles. The van der Waals surface area contributed by atoms with Crippen LogP contribution in [0.25, 0.3) is 0 Å². The molecular weight excluding hydrogens is 265 g/mol. The van der Waals surface area contributed by atoms with Crippen LogP contribution in [-0.2, 0) is 6.42 Å². The summed E-state index contributed by atoms with van der Waals surface area (Å²) in [4.78, 5) is 0. The molecule has 1 aromatic rings. The molecule has 1 nitrogen and oxygen atoms in total. The lowest BCUT2D eigenvalue weighted by Gasteiger charge is -2.19. The SMILES string of the molecule is CCCNC(Cc1cccc(Cl)c1Cl)CC1CC1. The van der Waals surface area contributed by atoms with Crippen LogP contribution in [0.1, 0.15) is 38.2 Å². The third kappa shape index (κ3) is 4.15. The second-order valence-corrected chi connectivity index (χ2v) is 6.03. The van der Waals surface area contributed by atoms with Crippen LogP contribution in [0.3, 0.4) is 0 Å². The van der Waals surface area contributed by atoms with Gasteiger partial charge >= 0.3 is 0 Å². The molecule has 0 bridgehead atoms. The first-order valence-electron chi connectivity index (χ1n) is 6.87. The summed E-state index contributed by atoms with van der Waals surface area (Å²) < 4.78 is 0. The van der Waals surface area contributed by atoms with Gasteiger partial charge in [0.25, 0.3) is 0 Å². The van der Waals surface area contributed by atoms with Gasteiger partial charge in [-0.2, -0.15) is 0 Å². The van der Waals surface area contributed by atoms with Crippen LogP contribution in [0, 0.1) is 5.92 Å². The van der Waals surface area contributed by atoms with E-state index < -0.39 is 0 Å². The molecule has 0 aromatic heterocycles. The van der Waals surface area contributed by atoms with E-state index in [-0.39, 0.29) is 0 Å². The Morgan fingerprint density at radius 1 is 1.33 bits per heavy atom. The van der Waals surface area contributed by atoms with Crippen molar-refractivity contribution in [3.63, 3.8) is 0 Å². The fourth-order valence-corrected chi connectivity index (χ4v) is 2.71. The van der Waals surface area contributed by atoms with Crippen molar-refractivity contribution in [1.29, 1.82) is 0 Å². The minimum absolute atomic E-state index is 0.536. The summed E-state index contributed by atoms with van der Waals surface area (Å²) in [6.07, 6.45) is 6.21. The molecule has 0 saturated heterocycles. The van der Waals surface area contributed by atoms with Gasteiger partial charge in [-0.1, -0.05) is 55.1 Å². The van der Waals surface area contributed by atoms with Gasteiger partial charge < -0.3 is 5.32 Å². The highest BCUT2D eigenvalue weighted by molar-refractivity contribution is 6.42. The summed E-state index contributed by atoms with van der Waals surface area (Å²) in [6.45, 7) is 3.28. The molecule has 0 aliphatic heterocycles. The Labute approximate surface area is 120 Å². The first kappa shape index (κ1) is 14.2. The minimum Gasteiger partial charge on any atom is -0.314 e. The second-order valence-electron chi connectivity index (χ2n) is 5.25. The molecule has 0 radical (unpaired) electrons. The quantitative estimate of drug-likeness (QED) is 0.765. The van der Waals surface area contributed by atoms with E-state index in [9.17, 15) is 0 Å². The zero-order valence-corrected chi connectivity index (χ0v) is 12.4. The van der Waals surface area contributed by atoms with Gasteiger partial charge in [-0.25, -0.2) is 0 Å². The van der Waals surface area contributed by atoms with Crippen LogP contribution < -0.4 is 5.32 Å². The van der Waals surface area contributed by atoms with Crippen LogP contribution in [0.2, 0.25) is 10.0 Å². The highest BCUT2D eigenvalue weighted by atomic mass is 35.5. The molecule has 1 fully saturated rings. The molecule has 0 heterocycles. The Balaban J connectivity index is 1.99. The molecule has 0 spiro atoms. The summed E-state index contributed by atoms with van der Waals surface area (Å²) in [5.41, 5.74) is 1.17. The zero-order valence-electron chi connectivity index (χ0n) is 10.9. The van der Waals surface area contributed by atoms with E-state index in [1.807, 2.05) is 12.1 Å². The average Bonchev–Trinajstić information content (AvgIpc) is 3.16. The van der Waals surface area contributed by atoms with Gasteiger partial charge in [0.2, 0.25) is 0 Å². The molecule has 1 aliphatic rings. The van der Waals surface area contributed by atoms with Crippen molar-refractivity contribution in [3.8, 4) is 0 Å². The van der Waals surface area contributed by atoms with Crippen LogP contribution in [0.5, 0.6) is 0 Å². The van der Waals surface area contributed by atoms with Gasteiger partial charge in [0, 0.05) is 6.04 Å². The van der Waals surface area contributed by atoms with Gasteiger partial charge in [0.15, 0.2) is 0 Å². The van der Waals surface area contributed by atoms with Crippen molar-refractivity contribution in [3.05, 3.63) is 33.8 Å². The standard InChI is InChI=1S/C15H21Cl2N/c1-2-8-18-13(9-11-6-7-11)10-12-4-3-5-14(16)15(12)17/h3-5,11,13,18H,2,6-10H2,1H3. The Morgan fingerprint density at radius 2 is 2.11 bits per heavy atom. The Kier molecular flexibility index (Phi) is 5.35. The van der Waals surface area contributed by atoms with E-state index in [0.29, 0.717) is 11.1 Å². The van der Waals surface area contributed by atoms with Crippen molar-refractivity contribution in [2.24, 2.45) is 5.92 Å². The molecular formula is C15H21Cl2N. The van der Waals surface area contributed by atoms with Crippen molar-refractivity contribution in [1.82, 2.24) is 5.32 Å². The third-order valence-corrected chi connectivity index (χ3v) is 4.35. The van der Waals surface area contributed by atoms with Crippen LogP contribution in [0.4, 0.5) is 0 Å². The van der Waals surface area contributed by atoms with Gasteiger partial charge in [-0.15, -0.1) is 0 Å². The number of halogens is 2. The van der Waals surface area contributed by atoms with Crippen molar-refractivity contribution >= 4 is 23.2 Å². The lowest BCUT2D eigenvalue weighted by atomic mass is 10.0. The van der Waals surface area contributed by atoms with E-state index in [0.717, 1.165) is 23.9 Å². The molecule has 18 heavy (non-hydrogen) atoms. The highest BCUT2D eigenvalue weighted by Crippen LogP contribution is 2.35. The van der Waals surface area contributed by atoms with Crippen molar-refractivity contribution in [2.75, 3.05) is 6.54 Å². The summed E-state index contributed by atoms with van der Waals surface area (Å²) >= 11 is 12.3. The maximum Gasteiger partial charge on any atom is 0.0624 e. The molecule has 1 N–H and O–H groups in total. The van der Waals surface area contributed by atoms with Crippen molar-refractivity contribution in [2.45, 2.75) is 45.1 Å². The number of hydrogen-bond acceptors (Lipinski definition) is 1. The predicted octanol–water partition coefficient (Wildman–Crippen LogP) is 4.70. The van der Waals surface area contributed by atoms with Gasteiger partial charge in [0.05, 0.1) is 10.0 Å². The second kappa shape index (κ2) is 6.79.